The molecule has 0 unspecified atom stereocenters. The van der Waals surface area contributed by atoms with Crippen LogP contribution in [0.1, 0.15) is 18.9 Å². The lowest BCUT2D eigenvalue weighted by atomic mass is 10.2. The number of hydrogen-bond acceptors (Lipinski definition) is 5. The molecule has 1 amide bonds. The van der Waals surface area contributed by atoms with Crippen molar-refractivity contribution in [3.05, 3.63) is 52.8 Å². The van der Waals surface area contributed by atoms with E-state index in [1.807, 2.05) is 6.92 Å². The molecule has 144 valence electrons. The standard InChI is InChI=1S/C19H20ClFN2O3S/c1-3-8-26-19-14(20)9-13(10-16(19)25-2)11-22-23-18(24)12-27-17-7-5-4-6-15(17)21/h4-7,9-11H,3,8,12H2,1-2H3,(H,23,24)/b22-11-. The van der Waals surface area contributed by atoms with Crippen LogP contribution in [-0.2, 0) is 4.79 Å². The quantitative estimate of drug-likeness (QED) is 0.375. The molecule has 2 aromatic carbocycles. The van der Waals surface area contributed by atoms with Crippen molar-refractivity contribution in [1.29, 1.82) is 0 Å². The largest absolute Gasteiger partial charge is 0.493 e. The number of thioether (sulfide) groups is 1. The Balaban J connectivity index is 1.94. The maximum atomic E-state index is 13.5. The summed E-state index contributed by atoms with van der Waals surface area (Å²) in [5, 5.41) is 4.29. The number of rotatable bonds is 9. The zero-order valence-electron chi connectivity index (χ0n) is 15.0. The van der Waals surface area contributed by atoms with Gasteiger partial charge in [-0.3, -0.25) is 4.79 Å². The zero-order valence-corrected chi connectivity index (χ0v) is 16.6. The Morgan fingerprint density at radius 1 is 1.37 bits per heavy atom. The van der Waals surface area contributed by atoms with Crippen LogP contribution in [0, 0.1) is 5.82 Å². The minimum Gasteiger partial charge on any atom is -0.493 e. The Kier molecular flexibility index (Phi) is 8.42. The molecule has 0 saturated carbocycles. The van der Waals surface area contributed by atoms with E-state index in [-0.39, 0.29) is 17.5 Å². The van der Waals surface area contributed by atoms with Crippen molar-refractivity contribution < 1.29 is 18.7 Å². The van der Waals surface area contributed by atoms with Crippen LogP contribution in [0.3, 0.4) is 0 Å². The average Bonchev–Trinajstić information content (AvgIpc) is 2.66. The molecule has 0 bridgehead atoms. The number of amides is 1. The molecule has 27 heavy (non-hydrogen) atoms. The van der Waals surface area contributed by atoms with Gasteiger partial charge in [-0.05, 0) is 36.2 Å². The van der Waals surface area contributed by atoms with Crippen LogP contribution in [0.25, 0.3) is 0 Å². The number of halogens is 2. The number of nitrogens with zero attached hydrogens (tertiary/aromatic N) is 1. The lowest BCUT2D eigenvalue weighted by molar-refractivity contribution is -0.118. The van der Waals surface area contributed by atoms with Gasteiger partial charge in [-0.1, -0.05) is 30.7 Å². The van der Waals surface area contributed by atoms with Crippen LogP contribution in [0.4, 0.5) is 4.39 Å². The Hall–Kier alpha value is -2.25. The van der Waals surface area contributed by atoms with E-state index in [9.17, 15) is 9.18 Å². The molecule has 8 heteroatoms. The first kappa shape index (κ1) is 21.1. The van der Waals surface area contributed by atoms with Gasteiger partial charge in [0, 0.05) is 4.90 Å². The Morgan fingerprint density at radius 2 is 2.15 bits per heavy atom. The molecule has 0 saturated heterocycles. The van der Waals surface area contributed by atoms with E-state index in [1.54, 1.807) is 30.3 Å². The number of benzene rings is 2. The second-order valence-corrected chi connectivity index (χ2v) is 6.82. The molecule has 0 aliphatic carbocycles. The van der Waals surface area contributed by atoms with E-state index in [0.29, 0.717) is 33.6 Å². The van der Waals surface area contributed by atoms with Gasteiger partial charge in [0.15, 0.2) is 11.5 Å². The first-order valence-corrected chi connectivity index (χ1v) is 9.61. The number of carbonyl (C=O) groups is 1. The number of ether oxygens (including phenoxy) is 2. The number of carbonyl (C=O) groups excluding carboxylic acids is 1. The fourth-order valence-corrected chi connectivity index (χ4v) is 3.08. The molecule has 0 radical (unpaired) electrons. The minimum absolute atomic E-state index is 0.0478. The molecule has 0 aliphatic rings. The highest BCUT2D eigenvalue weighted by Gasteiger charge is 2.11. The van der Waals surface area contributed by atoms with E-state index in [0.717, 1.165) is 18.2 Å². The number of hydrazone groups is 1. The molecular formula is C19H20ClFN2O3S. The third-order valence-corrected chi connectivity index (χ3v) is 4.63. The molecule has 5 nitrogen and oxygen atoms in total. The molecule has 0 atom stereocenters. The van der Waals surface area contributed by atoms with Gasteiger partial charge in [-0.15, -0.1) is 11.8 Å². The van der Waals surface area contributed by atoms with Crippen molar-refractivity contribution in [3.63, 3.8) is 0 Å². The Morgan fingerprint density at radius 3 is 2.85 bits per heavy atom. The van der Waals surface area contributed by atoms with Crippen LogP contribution in [0.15, 0.2) is 46.4 Å². The highest BCUT2D eigenvalue weighted by molar-refractivity contribution is 8.00. The summed E-state index contributed by atoms with van der Waals surface area (Å²) in [6, 6.07) is 9.66. The third kappa shape index (κ3) is 6.45. The van der Waals surface area contributed by atoms with Crippen LogP contribution < -0.4 is 14.9 Å². The van der Waals surface area contributed by atoms with Gasteiger partial charge in [-0.2, -0.15) is 5.10 Å². The van der Waals surface area contributed by atoms with E-state index < -0.39 is 0 Å². The molecule has 0 spiro atoms. The highest BCUT2D eigenvalue weighted by Crippen LogP contribution is 2.36. The summed E-state index contributed by atoms with van der Waals surface area (Å²) in [6.45, 7) is 2.52. The monoisotopic (exact) mass is 410 g/mol. The van der Waals surface area contributed by atoms with Gasteiger partial charge in [0.2, 0.25) is 5.91 Å². The van der Waals surface area contributed by atoms with E-state index in [1.165, 1.54) is 19.4 Å². The number of methoxy groups -OCH3 is 1. The summed E-state index contributed by atoms with van der Waals surface area (Å²) in [4.78, 5) is 12.3. The molecule has 0 aliphatic heterocycles. The number of nitrogens with one attached hydrogen (secondary N) is 1. The average molecular weight is 411 g/mol. The fourth-order valence-electron chi connectivity index (χ4n) is 2.07. The SMILES string of the molecule is CCCOc1c(Cl)cc(/C=N\NC(=O)CSc2ccccc2F)cc1OC. The summed E-state index contributed by atoms with van der Waals surface area (Å²) >= 11 is 7.33. The van der Waals surface area contributed by atoms with E-state index >= 15 is 0 Å². The van der Waals surface area contributed by atoms with Crippen molar-refractivity contribution in [2.45, 2.75) is 18.2 Å². The van der Waals surface area contributed by atoms with Gasteiger partial charge in [-0.25, -0.2) is 9.82 Å². The summed E-state index contributed by atoms with van der Waals surface area (Å²) < 4.78 is 24.4. The van der Waals surface area contributed by atoms with Crippen molar-refractivity contribution in [2.24, 2.45) is 5.10 Å². The molecule has 0 heterocycles. The third-order valence-electron chi connectivity index (χ3n) is 3.30. The van der Waals surface area contributed by atoms with Crippen LogP contribution in [0.2, 0.25) is 5.02 Å². The summed E-state index contributed by atoms with van der Waals surface area (Å²) in [6.07, 6.45) is 2.29. The first-order valence-electron chi connectivity index (χ1n) is 8.24. The van der Waals surface area contributed by atoms with Crippen molar-refractivity contribution in [2.75, 3.05) is 19.5 Å². The lowest BCUT2D eigenvalue weighted by Crippen LogP contribution is -2.19. The minimum atomic E-state index is -0.356. The molecule has 0 fully saturated rings. The van der Waals surface area contributed by atoms with Gasteiger partial charge in [0.05, 0.1) is 30.7 Å². The lowest BCUT2D eigenvalue weighted by Gasteiger charge is -2.12. The van der Waals surface area contributed by atoms with Crippen LogP contribution >= 0.6 is 23.4 Å². The van der Waals surface area contributed by atoms with E-state index in [2.05, 4.69) is 10.5 Å². The maximum Gasteiger partial charge on any atom is 0.250 e. The van der Waals surface area contributed by atoms with Gasteiger partial charge in [0.1, 0.15) is 5.82 Å². The second-order valence-electron chi connectivity index (χ2n) is 5.39. The molecular weight excluding hydrogens is 391 g/mol. The zero-order chi connectivity index (χ0) is 19.6. The fraction of sp³-hybridized carbons (Fsp3) is 0.263. The molecule has 1 N–H and O–H groups in total. The van der Waals surface area contributed by atoms with Crippen LogP contribution in [-0.4, -0.2) is 31.6 Å². The van der Waals surface area contributed by atoms with Crippen molar-refractivity contribution >= 4 is 35.5 Å². The van der Waals surface area contributed by atoms with Crippen LogP contribution in [0.5, 0.6) is 11.5 Å². The molecule has 0 aromatic heterocycles. The predicted octanol–water partition coefficient (Wildman–Crippen LogP) is 4.52. The highest BCUT2D eigenvalue weighted by atomic mass is 35.5. The van der Waals surface area contributed by atoms with Crippen molar-refractivity contribution in [1.82, 2.24) is 5.43 Å². The Bertz CT molecular complexity index is 818. The smallest absolute Gasteiger partial charge is 0.250 e. The first-order chi connectivity index (χ1) is 13.0. The van der Waals surface area contributed by atoms with Gasteiger partial charge >= 0.3 is 0 Å². The molecule has 2 rings (SSSR count). The predicted molar refractivity (Wildman–Crippen MR) is 107 cm³/mol. The van der Waals surface area contributed by atoms with Gasteiger partial charge < -0.3 is 9.47 Å². The number of hydrogen-bond donors (Lipinski definition) is 1. The summed E-state index contributed by atoms with van der Waals surface area (Å²) in [5.74, 6) is 0.306. The van der Waals surface area contributed by atoms with E-state index in [4.69, 9.17) is 21.1 Å². The molecule has 2 aromatic rings. The van der Waals surface area contributed by atoms with Crippen molar-refractivity contribution in [3.8, 4) is 11.5 Å². The maximum absolute atomic E-state index is 13.5. The van der Waals surface area contributed by atoms with Gasteiger partial charge in [0.25, 0.3) is 0 Å². The Labute approximate surface area is 166 Å². The topological polar surface area (TPSA) is 59.9 Å². The second kappa shape index (κ2) is 10.8. The normalized spacial score (nSPS) is 10.8. The summed E-state index contributed by atoms with van der Waals surface area (Å²) in [5.41, 5.74) is 3.04. The summed E-state index contributed by atoms with van der Waals surface area (Å²) in [7, 11) is 1.52.